The van der Waals surface area contributed by atoms with Crippen molar-refractivity contribution in [2.24, 2.45) is 5.41 Å². The predicted molar refractivity (Wildman–Crippen MR) is 203 cm³/mol. The van der Waals surface area contributed by atoms with Crippen LogP contribution >= 0.6 is 23.2 Å². The van der Waals surface area contributed by atoms with Crippen molar-refractivity contribution in [1.82, 2.24) is 20.4 Å². The van der Waals surface area contributed by atoms with Crippen LogP contribution in [0.3, 0.4) is 0 Å². The van der Waals surface area contributed by atoms with E-state index in [-0.39, 0.29) is 70.7 Å². The maximum Gasteiger partial charge on any atom is 0.408 e. The predicted octanol–water partition coefficient (Wildman–Crippen LogP) is 6.92. The standard InChI is InChI=1S/C40H50Cl2FN5O6/c1-37(2,3)54-36(53)46-40-21-39(22-40,23-40)19-28(34(51)44-27-13-12-26(41)32(42)33(27)43)45-35(52)29-18-24-10-6-7-11-25(24)20-47(29)30(49)14-15-31(50)48-17-9-8-16-38(48,4)5/h6-7,10-13,28-29H,8-9,14-23H2,1-5H3,(H,44,51)(H,45,52)(H,46,53)/t28?,29-,39?,40?/m0/s1. The number of piperidine rings is 1. The van der Waals surface area contributed by atoms with Gasteiger partial charge in [-0.15, -0.1) is 0 Å². The van der Waals surface area contributed by atoms with Crippen LogP contribution in [0.5, 0.6) is 0 Å². The largest absolute Gasteiger partial charge is 0.444 e. The Morgan fingerprint density at radius 3 is 2.30 bits per heavy atom. The molecule has 11 nitrogen and oxygen atoms in total. The van der Waals surface area contributed by atoms with Crippen LogP contribution in [0.2, 0.25) is 10.0 Å². The number of anilines is 1. The number of hydrogen-bond acceptors (Lipinski definition) is 6. The average Bonchev–Trinajstić information content (AvgIpc) is 3.07. The molecule has 2 heterocycles. The van der Waals surface area contributed by atoms with Gasteiger partial charge in [0.25, 0.3) is 0 Å². The molecule has 0 aromatic heterocycles. The number of halogens is 3. The van der Waals surface area contributed by atoms with Crippen molar-refractivity contribution < 1.29 is 33.1 Å². The number of carbonyl (C=O) groups excluding carboxylic acids is 5. The number of nitrogens with zero attached hydrogens (tertiary/aromatic N) is 2. The summed E-state index contributed by atoms with van der Waals surface area (Å²) < 4.78 is 20.5. The van der Waals surface area contributed by atoms with E-state index in [2.05, 4.69) is 16.0 Å². The number of hydrogen-bond donors (Lipinski definition) is 3. The van der Waals surface area contributed by atoms with Gasteiger partial charge in [-0.1, -0.05) is 47.5 Å². The lowest BCUT2D eigenvalue weighted by atomic mass is 9.38. The Morgan fingerprint density at radius 2 is 1.63 bits per heavy atom. The van der Waals surface area contributed by atoms with Crippen molar-refractivity contribution >= 4 is 58.6 Å². The Morgan fingerprint density at radius 1 is 0.963 bits per heavy atom. The number of rotatable bonds is 10. The van der Waals surface area contributed by atoms with Gasteiger partial charge in [-0.25, -0.2) is 9.18 Å². The van der Waals surface area contributed by atoms with E-state index in [1.807, 2.05) is 43.0 Å². The van der Waals surface area contributed by atoms with E-state index < -0.39 is 46.9 Å². The molecule has 2 bridgehead atoms. The molecule has 2 aromatic carbocycles. The van der Waals surface area contributed by atoms with Gasteiger partial charge in [0, 0.05) is 43.4 Å². The number of carbonyl (C=O) groups is 5. The van der Waals surface area contributed by atoms with Crippen molar-refractivity contribution in [3.8, 4) is 0 Å². The monoisotopic (exact) mass is 785 g/mol. The summed E-state index contributed by atoms with van der Waals surface area (Å²) in [6.07, 6.45) is 4.45. The molecule has 292 valence electrons. The fourth-order valence-corrected chi connectivity index (χ4v) is 9.17. The van der Waals surface area contributed by atoms with E-state index in [0.29, 0.717) is 25.8 Å². The molecule has 2 aromatic rings. The molecule has 7 rings (SSSR count). The molecule has 14 heteroatoms. The fraction of sp³-hybridized carbons (Fsp3) is 0.575. The quantitative estimate of drug-likeness (QED) is 0.224. The van der Waals surface area contributed by atoms with Gasteiger partial charge >= 0.3 is 6.09 Å². The lowest BCUT2D eigenvalue weighted by molar-refractivity contribution is -0.164. The molecule has 2 aliphatic heterocycles. The number of ether oxygens (including phenoxy) is 1. The Hall–Kier alpha value is -3.90. The Labute approximate surface area is 326 Å². The Kier molecular flexibility index (Phi) is 11.0. The third-order valence-corrected chi connectivity index (χ3v) is 12.1. The number of amides is 5. The second kappa shape index (κ2) is 15.0. The summed E-state index contributed by atoms with van der Waals surface area (Å²) in [4.78, 5) is 71.4. The summed E-state index contributed by atoms with van der Waals surface area (Å²) >= 11 is 12.0. The molecular formula is C40H50Cl2FN5O6. The second-order valence-corrected chi connectivity index (χ2v) is 18.0. The first-order valence-corrected chi connectivity index (χ1v) is 19.5. The van der Waals surface area contributed by atoms with Crippen LogP contribution in [0.1, 0.15) is 104 Å². The molecule has 1 unspecified atom stereocenters. The maximum absolute atomic E-state index is 15.1. The lowest BCUT2D eigenvalue weighted by Gasteiger charge is -2.71. The van der Waals surface area contributed by atoms with E-state index in [0.717, 1.165) is 30.4 Å². The zero-order valence-electron chi connectivity index (χ0n) is 31.6. The summed E-state index contributed by atoms with van der Waals surface area (Å²) in [6, 6.07) is 8.15. The third-order valence-electron chi connectivity index (χ3n) is 11.3. The van der Waals surface area contributed by atoms with Crippen molar-refractivity contribution in [3.05, 3.63) is 63.4 Å². The first kappa shape index (κ1) is 39.8. The molecule has 3 saturated carbocycles. The molecule has 1 saturated heterocycles. The molecular weight excluding hydrogens is 736 g/mol. The lowest BCUT2D eigenvalue weighted by Crippen LogP contribution is -2.76. The van der Waals surface area contributed by atoms with E-state index in [1.165, 1.54) is 17.0 Å². The zero-order valence-corrected chi connectivity index (χ0v) is 33.1. The van der Waals surface area contributed by atoms with Gasteiger partial charge < -0.3 is 30.5 Å². The van der Waals surface area contributed by atoms with Gasteiger partial charge in [-0.2, -0.15) is 0 Å². The highest BCUT2D eigenvalue weighted by atomic mass is 35.5. The minimum atomic E-state index is -1.12. The Bertz CT molecular complexity index is 1830. The molecule has 2 atom stereocenters. The summed E-state index contributed by atoms with van der Waals surface area (Å²) in [5.74, 6) is -2.53. The third kappa shape index (κ3) is 8.49. The van der Waals surface area contributed by atoms with Crippen LogP contribution in [0.4, 0.5) is 14.9 Å². The SMILES string of the molecule is CC(C)(C)OC(=O)NC12CC(CC(NC(=O)[C@@H]3Cc4ccccc4CN3C(=O)CCC(=O)N3CCCCC3(C)C)C(=O)Nc3ccc(Cl)c(Cl)c3F)(C1)C2. The van der Waals surface area contributed by atoms with Crippen LogP contribution in [0, 0.1) is 11.2 Å². The number of likely N-dealkylation sites (tertiary alicyclic amines) is 1. The summed E-state index contributed by atoms with van der Waals surface area (Å²) in [5.41, 5.74) is -0.155. The van der Waals surface area contributed by atoms with Crippen LogP contribution in [0.25, 0.3) is 0 Å². The Balaban J connectivity index is 1.19. The minimum absolute atomic E-state index is 0.0163. The van der Waals surface area contributed by atoms with Crippen LogP contribution in [0.15, 0.2) is 36.4 Å². The normalized spacial score (nSPS) is 24.6. The molecule has 5 aliphatic rings. The number of benzene rings is 2. The first-order chi connectivity index (χ1) is 25.3. The van der Waals surface area contributed by atoms with E-state index in [4.69, 9.17) is 27.9 Å². The van der Waals surface area contributed by atoms with Crippen LogP contribution in [-0.4, -0.2) is 74.8 Å². The summed E-state index contributed by atoms with van der Waals surface area (Å²) in [6.45, 7) is 10.3. The molecule has 5 amide bonds. The van der Waals surface area contributed by atoms with Crippen molar-refractivity contribution in [3.63, 3.8) is 0 Å². The number of fused-ring (bicyclic) bond motifs is 1. The smallest absolute Gasteiger partial charge is 0.408 e. The van der Waals surface area contributed by atoms with E-state index >= 15 is 4.39 Å². The van der Waals surface area contributed by atoms with E-state index in [1.54, 1.807) is 20.8 Å². The average molecular weight is 787 g/mol. The topological polar surface area (TPSA) is 137 Å². The first-order valence-electron chi connectivity index (χ1n) is 18.7. The van der Waals surface area contributed by atoms with Gasteiger partial charge in [0.2, 0.25) is 23.6 Å². The van der Waals surface area contributed by atoms with Gasteiger partial charge in [0.05, 0.1) is 15.7 Å². The van der Waals surface area contributed by atoms with Crippen LogP contribution < -0.4 is 16.0 Å². The highest BCUT2D eigenvalue weighted by Gasteiger charge is 2.69. The van der Waals surface area contributed by atoms with Crippen LogP contribution in [-0.2, 0) is 36.9 Å². The summed E-state index contributed by atoms with van der Waals surface area (Å²) in [5, 5.41) is 8.10. The highest BCUT2D eigenvalue weighted by Crippen LogP contribution is 2.69. The molecule has 0 radical (unpaired) electrons. The minimum Gasteiger partial charge on any atom is -0.444 e. The number of alkyl carbamates (subject to hydrolysis) is 1. The van der Waals surface area contributed by atoms with Gasteiger partial charge in [-0.3, -0.25) is 19.2 Å². The molecule has 3 aliphatic carbocycles. The van der Waals surface area contributed by atoms with Gasteiger partial charge in [0.1, 0.15) is 17.7 Å². The zero-order chi connectivity index (χ0) is 39.2. The highest BCUT2D eigenvalue weighted by molar-refractivity contribution is 6.42. The summed E-state index contributed by atoms with van der Waals surface area (Å²) in [7, 11) is 0. The van der Waals surface area contributed by atoms with Crippen molar-refractivity contribution in [1.29, 1.82) is 0 Å². The maximum atomic E-state index is 15.1. The fourth-order valence-electron chi connectivity index (χ4n) is 8.86. The van der Waals surface area contributed by atoms with Gasteiger partial charge in [-0.05, 0) is 108 Å². The second-order valence-electron chi connectivity index (χ2n) is 17.2. The molecule has 3 N–H and O–H groups in total. The molecule has 4 fully saturated rings. The molecule has 0 spiro atoms. The van der Waals surface area contributed by atoms with E-state index in [9.17, 15) is 24.0 Å². The van der Waals surface area contributed by atoms with Crippen molar-refractivity contribution in [2.75, 3.05) is 11.9 Å². The van der Waals surface area contributed by atoms with Gasteiger partial charge in [0.15, 0.2) is 5.82 Å². The van der Waals surface area contributed by atoms with Crippen molar-refractivity contribution in [2.45, 2.75) is 134 Å². The molecule has 54 heavy (non-hydrogen) atoms. The number of nitrogens with one attached hydrogen (secondary N) is 3.